The molecular formula is C14H11ClN3O3-. The van der Waals surface area contributed by atoms with Crippen molar-refractivity contribution in [3.05, 3.63) is 63.2 Å². The summed E-state index contributed by atoms with van der Waals surface area (Å²) >= 11 is 5.78. The third-order valence-electron chi connectivity index (χ3n) is 2.76. The number of hydrazone groups is 1. The van der Waals surface area contributed by atoms with Crippen molar-refractivity contribution in [2.24, 2.45) is 5.10 Å². The van der Waals surface area contributed by atoms with E-state index in [-0.39, 0.29) is 10.6 Å². The summed E-state index contributed by atoms with van der Waals surface area (Å²) in [4.78, 5) is 10.0. The van der Waals surface area contributed by atoms with E-state index in [0.717, 1.165) is 11.8 Å². The van der Waals surface area contributed by atoms with Gasteiger partial charge in [0.05, 0.1) is 16.8 Å². The van der Waals surface area contributed by atoms with Gasteiger partial charge in [0.15, 0.2) is 0 Å². The van der Waals surface area contributed by atoms with Crippen molar-refractivity contribution in [2.75, 3.05) is 12.1 Å². The van der Waals surface area contributed by atoms with Gasteiger partial charge in [0.1, 0.15) is 0 Å². The molecule has 0 N–H and O–H groups in total. The number of nitro groups is 1. The van der Waals surface area contributed by atoms with Crippen molar-refractivity contribution in [2.45, 2.75) is 0 Å². The second kappa shape index (κ2) is 6.23. The molecule has 0 saturated heterocycles. The third kappa shape index (κ3) is 3.49. The predicted molar refractivity (Wildman–Crippen MR) is 80.0 cm³/mol. The van der Waals surface area contributed by atoms with E-state index in [1.807, 2.05) is 30.3 Å². The first-order valence-electron chi connectivity index (χ1n) is 5.96. The van der Waals surface area contributed by atoms with Crippen LogP contribution in [0.5, 0.6) is 5.75 Å². The van der Waals surface area contributed by atoms with Gasteiger partial charge in [0, 0.05) is 18.1 Å². The van der Waals surface area contributed by atoms with Gasteiger partial charge in [-0.3, -0.25) is 15.1 Å². The lowest BCUT2D eigenvalue weighted by Crippen LogP contribution is -2.09. The Balaban J connectivity index is 2.31. The number of halogens is 1. The van der Waals surface area contributed by atoms with Crippen molar-refractivity contribution in [1.29, 1.82) is 0 Å². The minimum atomic E-state index is -0.757. The number of hydrogen-bond acceptors (Lipinski definition) is 5. The van der Waals surface area contributed by atoms with Crippen molar-refractivity contribution in [3.8, 4) is 5.75 Å². The topological polar surface area (TPSA) is 81.8 Å². The molecule has 7 heteroatoms. The zero-order valence-corrected chi connectivity index (χ0v) is 11.8. The molecule has 0 heterocycles. The second-order valence-corrected chi connectivity index (χ2v) is 4.64. The van der Waals surface area contributed by atoms with Gasteiger partial charge in [-0.15, -0.1) is 0 Å². The number of para-hydroxylation sites is 1. The molecule has 0 amide bonds. The molecule has 0 aliphatic rings. The van der Waals surface area contributed by atoms with Crippen LogP contribution in [-0.2, 0) is 0 Å². The molecule has 0 aliphatic carbocycles. The minimum Gasteiger partial charge on any atom is -0.867 e. The summed E-state index contributed by atoms with van der Waals surface area (Å²) in [5, 5.41) is 28.4. The lowest BCUT2D eigenvalue weighted by molar-refractivity contribution is -0.398. The molecule has 0 fully saturated rings. The lowest BCUT2D eigenvalue weighted by atomic mass is 10.2. The zero-order valence-electron chi connectivity index (χ0n) is 11.1. The standard InChI is InChI=1S/C14H12ClN3O3/c1-17(12-5-3-2-4-6-12)16-9-10-7-11(15)8-13(14(10)19)18(20)21/h2-9,19H,1H3/p-1/b16-9-. The fourth-order valence-electron chi connectivity index (χ4n) is 1.69. The molecule has 0 atom stereocenters. The average molecular weight is 305 g/mol. The molecule has 2 aromatic carbocycles. The summed E-state index contributed by atoms with van der Waals surface area (Å²) < 4.78 is 0. The summed E-state index contributed by atoms with van der Waals surface area (Å²) in [6.07, 6.45) is 1.26. The number of rotatable bonds is 4. The molecule has 0 saturated carbocycles. The van der Waals surface area contributed by atoms with Crippen LogP contribution in [-0.4, -0.2) is 18.2 Å². The maximum absolute atomic E-state index is 11.9. The maximum atomic E-state index is 11.9. The Labute approximate surface area is 126 Å². The predicted octanol–water partition coefficient (Wildman–Crippen LogP) is 2.79. The Kier molecular flexibility index (Phi) is 4.39. The molecule has 0 unspecified atom stereocenters. The maximum Gasteiger partial charge on any atom is 0.263 e. The van der Waals surface area contributed by atoms with Crippen LogP contribution in [0.1, 0.15) is 5.56 Å². The number of benzene rings is 2. The van der Waals surface area contributed by atoms with Gasteiger partial charge in [0.2, 0.25) is 0 Å². The van der Waals surface area contributed by atoms with Crippen LogP contribution < -0.4 is 10.1 Å². The second-order valence-electron chi connectivity index (χ2n) is 4.20. The molecule has 6 nitrogen and oxygen atoms in total. The van der Waals surface area contributed by atoms with E-state index in [0.29, 0.717) is 0 Å². The Hall–Kier alpha value is -2.60. The highest BCUT2D eigenvalue weighted by Gasteiger charge is 2.11. The monoisotopic (exact) mass is 304 g/mol. The summed E-state index contributed by atoms with van der Waals surface area (Å²) in [6, 6.07) is 11.6. The van der Waals surface area contributed by atoms with Crippen molar-refractivity contribution < 1.29 is 10.0 Å². The van der Waals surface area contributed by atoms with E-state index in [4.69, 9.17) is 11.6 Å². The van der Waals surface area contributed by atoms with Gasteiger partial charge >= 0.3 is 0 Å². The zero-order chi connectivity index (χ0) is 15.4. The molecule has 0 spiro atoms. The van der Waals surface area contributed by atoms with Gasteiger partial charge in [-0.1, -0.05) is 29.8 Å². The molecule has 2 aromatic rings. The minimum absolute atomic E-state index is 0.0666. The third-order valence-corrected chi connectivity index (χ3v) is 2.98. The summed E-state index contributed by atoms with van der Waals surface area (Å²) in [6.45, 7) is 0. The number of nitro benzene ring substituents is 1. The summed E-state index contributed by atoms with van der Waals surface area (Å²) in [5.41, 5.74) is 0.320. The van der Waals surface area contributed by atoms with Gasteiger partial charge in [0.25, 0.3) is 5.69 Å². The first-order chi connectivity index (χ1) is 9.99. The number of anilines is 1. The van der Waals surface area contributed by atoms with Gasteiger partial charge in [-0.25, -0.2) is 0 Å². The molecule has 21 heavy (non-hydrogen) atoms. The molecular weight excluding hydrogens is 294 g/mol. The highest BCUT2D eigenvalue weighted by atomic mass is 35.5. The van der Waals surface area contributed by atoms with E-state index in [2.05, 4.69) is 5.10 Å². The quantitative estimate of drug-likeness (QED) is 0.494. The van der Waals surface area contributed by atoms with Crippen LogP contribution in [0.25, 0.3) is 0 Å². The van der Waals surface area contributed by atoms with E-state index in [9.17, 15) is 15.2 Å². The van der Waals surface area contributed by atoms with Crippen LogP contribution in [0.2, 0.25) is 5.02 Å². The highest BCUT2D eigenvalue weighted by Crippen LogP contribution is 2.30. The van der Waals surface area contributed by atoms with Gasteiger partial charge < -0.3 is 5.11 Å². The van der Waals surface area contributed by atoms with Crippen LogP contribution in [0.15, 0.2) is 47.6 Å². The Morgan fingerprint density at radius 1 is 1.29 bits per heavy atom. The largest absolute Gasteiger partial charge is 0.867 e. The molecule has 0 aromatic heterocycles. The van der Waals surface area contributed by atoms with Crippen molar-refractivity contribution >= 4 is 29.2 Å². The average Bonchev–Trinajstić information content (AvgIpc) is 2.48. The number of nitrogens with zero attached hydrogens (tertiary/aromatic N) is 3. The molecule has 0 bridgehead atoms. The normalized spacial score (nSPS) is 10.8. The van der Waals surface area contributed by atoms with Crippen LogP contribution >= 0.6 is 11.6 Å². The SMILES string of the molecule is CN(/N=C\c1cc(Cl)cc([N+](=O)[O-])c1[O-])c1ccccc1. The summed E-state index contributed by atoms with van der Waals surface area (Å²) in [5.74, 6) is -0.713. The van der Waals surface area contributed by atoms with Crippen LogP contribution in [0, 0.1) is 10.1 Å². The molecule has 2 rings (SSSR count). The molecule has 108 valence electrons. The Morgan fingerprint density at radius 3 is 2.57 bits per heavy atom. The highest BCUT2D eigenvalue weighted by molar-refractivity contribution is 6.31. The van der Waals surface area contributed by atoms with E-state index in [1.165, 1.54) is 12.3 Å². The van der Waals surface area contributed by atoms with E-state index >= 15 is 0 Å². The molecule has 0 aliphatic heterocycles. The number of hydrogen-bond donors (Lipinski definition) is 0. The fraction of sp³-hybridized carbons (Fsp3) is 0.0714. The molecule has 0 radical (unpaired) electrons. The smallest absolute Gasteiger partial charge is 0.263 e. The van der Waals surface area contributed by atoms with E-state index in [1.54, 1.807) is 12.1 Å². The van der Waals surface area contributed by atoms with E-state index < -0.39 is 16.4 Å². The fourth-order valence-corrected chi connectivity index (χ4v) is 1.91. The Morgan fingerprint density at radius 2 is 1.95 bits per heavy atom. The van der Waals surface area contributed by atoms with Gasteiger partial charge in [-0.05, 0) is 29.5 Å². The van der Waals surface area contributed by atoms with Crippen LogP contribution in [0.3, 0.4) is 0 Å². The van der Waals surface area contributed by atoms with Gasteiger partial charge in [-0.2, -0.15) is 5.10 Å². The lowest BCUT2D eigenvalue weighted by Gasteiger charge is -2.14. The summed E-state index contributed by atoms with van der Waals surface area (Å²) in [7, 11) is 1.70. The Bertz CT molecular complexity index is 689. The first kappa shape index (κ1) is 14.8. The van der Waals surface area contributed by atoms with Crippen LogP contribution in [0.4, 0.5) is 11.4 Å². The van der Waals surface area contributed by atoms with Crippen molar-refractivity contribution in [3.63, 3.8) is 0 Å². The first-order valence-corrected chi connectivity index (χ1v) is 6.34. The van der Waals surface area contributed by atoms with Crippen molar-refractivity contribution in [1.82, 2.24) is 0 Å².